The van der Waals surface area contributed by atoms with Crippen LogP contribution in [0.4, 0.5) is 11.5 Å². The molecule has 24 heavy (non-hydrogen) atoms. The Hall–Kier alpha value is -3.21. The minimum atomic E-state index is 0.782. The van der Waals surface area contributed by atoms with Crippen LogP contribution in [-0.2, 0) is 6.42 Å². The molecule has 0 radical (unpaired) electrons. The first kappa shape index (κ1) is 14.4. The van der Waals surface area contributed by atoms with Gasteiger partial charge < -0.3 is 9.73 Å². The molecule has 1 aromatic carbocycles. The highest BCUT2D eigenvalue weighted by Gasteiger charge is 2.06. The summed E-state index contributed by atoms with van der Waals surface area (Å²) in [6.07, 6.45) is 9.39. The number of nitrogens with one attached hydrogen (secondary N) is 1. The van der Waals surface area contributed by atoms with E-state index in [1.54, 1.807) is 31.2 Å². The molecule has 118 valence electrons. The molecule has 0 bridgehead atoms. The van der Waals surface area contributed by atoms with Gasteiger partial charge in [-0.2, -0.15) is 0 Å². The first-order chi connectivity index (χ1) is 11.8. The largest absolute Gasteiger partial charge is 0.472 e. The predicted octanol–water partition coefficient (Wildman–Crippen LogP) is 4.26. The Labute approximate surface area is 139 Å². The number of rotatable bonds is 4. The van der Waals surface area contributed by atoms with Crippen LogP contribution < -0.4 is 5.32 Å². The van der Waals surface area contributed by atoms with Crippen LogP contribution in [0.5, 0.6) is 0 Å². The Morgan fingerprint density at radius 1 is 1.12 bits per heavy atom. The fourth-order valence-electron chi connectivity index (χ4n) is 2.73. The molecule has 0 unspecified atom stereocenters. The van der Waals surface area contributed by atoms with E-state index in [2.05, 4.69) is 45.4 Å². The highest BCUT2D eigenvalue weighted by atomic mass is 16.3. The Morgan fingerprint density at radius 3 is 2.92 bits per heavy atom. The summed E-state index contributed by atoms with van der Waals surface area (Å²) in [6, 6.07) is 10.2. The molecule has 0 saturated heterocycles. The van der Waals surface area contributed by atoms with E-state index in [0.717, 1.165) is 28.8 Å². The fourth-order valence-corrected chi connectivity index (χ4v) is 2.73. The van der Waals surface area contributed by atoms with Gasteiger partial charge in [-0.3, -0.25) is 4.98 Å². The van der Waals surface area contributed by atoms with Crippen molar-refractivity contribution in [1.29, 1.82) is 0 Å². The smallest absolute Gasteiger partial charge is 0.141 e. The molecule has 0 aliphatic carbocycles. The van der Waals surface area contributed by atoms with Gasteiger partial charge in [-0.25, -0.2) is 9.97 Å². The molecular formula is C19H16N4O. The van der Waals surface area contributed by atoms with Gasteiger partial charge in [0.05, 0.1) is 24.2 Å². The average molecular weight is 316 g/mol. The van der Waals surface area contributed by atoms with Crippen molar-refractivity contribution in [3.63, 3.8) is 0 Å². The standard InChI is InChI=1S/C19H16N4O/c1-13-8-16(3-2-15(13)9-14-5-7-24-11-14)23-19-17-4-6-20-10-18(17)21-12-22-19/h2-8,10-12H,9H2,1H3,(H,21,22,23). The summed E-state index contributed by atoms with van der Waals surface area (Å²) in [5, 5.41) is 4.33. The first-order valence-corrected chi connectivity index (χ1v) is 7.72. The summed E-state index contributed by atoms with van der Waals surface area (Å²) in [5.74, 6) is 0.782. The van der Waals surface area contributed by atoms with Crippen molar-refractivity contribution < 1.29 is 4.42 Å². The second kappa shape index (κ2) is 6.12. The van der Waals surface area contributed by atoms with Crippen molar-refractivity contribution in [2.24, 2.45) is 0 Å². The fraction of sp³-hybridized carbons (Fsp3) is 0.105. The zero-order chi connectivity index (χ0) is 16.4. The van der Waals surface area contributed by atoms with E-state index >= 15 is 0 Å². The van der Waals surface area contributed by atoms with Gasteiger partial charge in [-0.05, 0) is 47.9 Å². The van der Waals surface area contributed by atoms with Crippen molar-refractivity contribution in [1.82, 2.24) is 15.0 Å². The lowest BCUT2D eigenvalue weighted by Gasteiger charge is -2.11. The highest BCUT2D eigenvalue weighted by Crippen LogP contribution is 2.24. The number of benzene rings is 1. The number of aromatic nitrogens is 3. The van der Waals surface area contributed by atoms with Crippen LogP contribution in [0.25, 0.3) is 10.9 Å². The molecule has 5 nitrogen and oxygen atoms in total. The summed E-state index contributed by atoms with van der Waals surface area (Å²) >= 11 is 0. The van der Waals surface area contributed by atoms with Gasteiger partial charge in [0.2, 0.25) is 0 Å². The maximum atomic E-state index is 5.14. The maximum Gasteiger partial charge on any atom is 0.141 e. The third kappa shape index (κ3) is 2.84. The maximum absolute atomic E-state index is 5.14. The van der Waals surface area contributed by atoms with E-state index in [4.69, 9.17) is 4.42 Å². The van der Waals surface area contributed by atoms with Crippen LogP contribution in [0, 0.1) is 6.92 Å². The average Bonchev–Trinajstić information content (AvgIpc) is 3.11. The molecule has 0 saturated carbocycles. The number of fused-ring (bicyclic) bond motifs is 1. The van der Waals surface area contributed by atoms with Crippen LogP contribution in [0.15, 0.2) is 66.0 Å². The van der Waals surface area contributed by atoms with E-state index in [1.807, 2.05) is 12.1 Å². The van der Waals surface area contributed by atoms with Crippen LogP contribution in [0.1, 0.15) is 16.7 Å². The van der Waals surface area contributed by atoms with Crippen molar-refractivity contribution >= 4 is 22.4 Å². The molecule has 0 aliphatic rings. The minimum Gasteiger partial charge on any atom is -0.472 e. The number of furan rings is 1. The molecule has 0 atom stereocenters. The van der Waals surface area contributed by atoms with Gasteiger partial charge in [0, 0.05) is 23.7 Å². The predicted molar refractivity (Wildman–Crippen MR) is 93.3 cm³/mol. The molecule has 4 aromatic rings. The molecule has 0 fully saturated rings. The molecule has 3 aromatic heterocycles. The van der Waals surface area contributed by atoms with Crippen LogP contribution >= 0.6 is 0 Å². The lowest BCUT2D eigenvalue weighted by molar-refractivity contribution is 0.564. The number of hydrogen-bond acceptors (Lipinski definition) is 5. The van der Waals surface area contributed by atoms with Gasteiger partial charge in [-0.1, -0.05) is 6.07 Å². The SMILES string of the molecule is Cc1cc(Nc2ncnc3cnccc23)ccc1Cc1ccoc1. The third-order valence-electron chi connectivity index (χ3n) is 4.02. The van der Waals surface area contributed by atoms with Gasteiger partial charge in [0.25, 0.3) is 0 Å². The lowest BCUT2D eigenvalue weighted by Crippen LogP contribution is -1.98. The van der Waals surface area contributed by atoms with Crippen molar-refractivity contribution in [2.45, 2.75) is 13.3 Å². The third-order valence-corrected chi connectivity index (χ3v) is 4.02. The molecule has 0 amide bonds. The Kier molecular flexibility index (Phi) is 3.67. The van der Waals surface area contributed by atoms with Crippen LogP contribution in [0.2, 0.25) is 0 Å². The van der Waals surface area contributed by atoms with E-state index in [1.165, 1.54) is 16.7 Å². The zero-order valence-electron chi connectivity index (χ0n) is 13.2. The highest BCUT2D eigenvalue weighted by molar-refractivity contribution is 5.89. The second-order valence-corrected chi connectivity index (χ2v) is 5.69. The van der Waals surface area contributed by atoms with Gasteiger partial charge in [0.15, 0.2) is 0 Å². The van der Waals surface area contributed by atoms with Crippen molar-refractivity contribution in [3.8, 4) is 0 Å². The topological polar surface area (TPSA) is 63.8 Å². The molecule has 4 rings (SSSR count). The van der Waals surface area contributed by atoms with E-state index in [0.29, 0.717) is 0 Å². The van der Waals surface area contributed by atoms with Gasteiger partial charge in [-0.15, -0.1) is 0 Å². The van der Waals surface area contributed by atoms with Crippen molar-refractivity contribution in [2.75, 3.05) is 5.32 Å². The lowest BCUT2D eigenvalue weighted by atomic mass is 10.0. The van der Waals surface area contributed by atoms with Gasteiger partial charge >= 0.3 is 0 Å². The molecular weight excluding hydrogens is 300 g/mol. The molecule has 1 N–H and O–H groups in total. The second-order valence-electron chi connectivity index (χ2n) is 5.69. The minimum absolute atomic E-state index is 0.782. The summed E-state index contributed by atoms with van der Waals surface area (Å²) in [5.41, 5.74) is 5.50. The molecule has 0 aliphatic heterocycles. The molecule has 0 spiro atoms. The van der Waals surface area contributed by atoms with Crippen LogP contribution in [-0.4, -0.2) is 15.0 Å². The van der Waals surface area contributed by atoms with Crippen LogP contribution in [0.3, 0.4) is 0 Å². The quantitative estimate of drug-likeness (QED) is 0.609. The van der Waals surface area contributed by atoms with E-state index < -0.39 is 0 Å². The summed E-state index contributed by atoms with van der Waals surface area (Å²) in [7, 11) is 0. The van der Waals surface area contributed by atoms with E-state index in [9.17, 15) is 0 Å². The number of hydrogen-bond donors (Lipinski definition) is 1. The van der Waals surface area contributed by atoms with Crippen molar-refractivity contribution in [3.05, 3.63) is 78.3 Å². The normalized spacial score (nSPS) is 10.9. The number of anilines is 2. The van der Waals surface area contributed by atoms with Gasteiger partial charge in [0.1, 0.15) is 12.1 Å². The number of nitrogens with zero attached hydrogens (tertiary/aromatic N) is 3. The number of pyridine rings is 1. The summed E-state index contributed by atoms with van der Waals surface area (Å²) < 4.78 is 5.14. The molecule has 5 heteroatoms. The molecule has 3 heterocycles. The summed E-state index contributed by atoms with van der Waals surface area (Å²) in [4.78, 5) is 12.7. The first-order valence-electron chi connectivity index (χ1n) is 7.72. The Bertz CT molecular complexity index is 975. The zero-order valence-corrected chi connectivity index (χ0v) is 13.2. The Balaban J connectivity index is 1.62. The summed E-state index contributed by atoms with van der Waals surface area (Å²) in [6.45, 7) is 2.11. The Morgan fingerprint density at radius 2 is 2.08 bits per heavy atom. The van der Waals surface area contributed by atoms with E-state index in [-0.39, 0.29) is 0 Å². The monoisotopic (exact) mass is 316 g/mol. The number of aryl methyl sites for hydroxylation is 1.